The average Bonchev–Trinajstić information content (AvgIpc) is 3.27. The normalized spacial score (nSPS) is 13.1. The highest BCUT2D eigenvalue weighted by molar-refractivity contribution is 9.10. The highest BCUT2D eigenvalue weighted by Crippen LogP contribution is 2.31. The molecule has 0 saturated heterocycles. The molecule has 0 N–H and O–H groups in total. The van der Waals surface area contributed by atoms with Crippen molar-refractivity contribution in [2.75, 3.05) is 7.05 Å². The average molecular weight is 491 g/mol. The quantitative estimate of drug-likeness (QED) is 0.524. The summed E-state index contributed by atoms with van der Waals surface area (Å²) in [4.78, 5) is 18.7. The Bertz CT molecular complexity index is 1130. The maximum atomic E-state index is 13.2. The highest BCUT2D eigenvalue weighted by atomic mass is 79.9. The molecule has 158 valence electrons. The highest BCUT2D eigenvalue weighted by Gasteiger charge is 2.45. The Balaban J connectivity index is 1.83. The minimum Gasteiger partial charge on any atom is -0.338 e. The lowest BCUT2D eigenvalue weighted by molar-refractivity contribution is -0.133. The molecule has 9 heteroatoms. The van der Waals surface area contributed by atoms with Gasteiger partial charge < -0.3 is 4.90 Å². The van der Waals surface area contributed by atoms with Crippen molar-refractivity contribution >= 4 is 31.7 Å². The van der Waals surface area contributed by atoms with Gasteiger partial charge in [-0.25, -0.2) is 18.1 Å². The Morgan fingerprint density at radius 2 is 1.70 bits per heavy atom. The van der Waals surface area contributed by atoms with E-state index in [2.05, 4.69) is 26.0 Å². The Labute approximate surface area is 184 Å². The van der Waals surface area contributed by atoms with Crippen molar-refractivity contribution in [3.63, 3.8) is 0 Å². The maximum Gasteiger partial charge on any atom is 0.244 e. The molecule has 7 nitrogen and oxygen atoms in total. The lowest BCUT2D eigenvalue weighted by Gasteiger charge is -2.33. The number of halogens is 1. The number of carbonyl (C=O) groups excluding carboxylic acids is 1. The molecule has 1 unspecified atom stereocenters. The molecule has 0 saturated carbocycles. The molecule has 1 heterocycles. The number of sulfone groups is 1. The summed E-state index contributed by atoms with van der Waals surface area (Å²) in [5.74, 6) is -0.474. The van der Waals surface area contributed by atoms with Gasteiger partial charge in [0.2, 0.25) is 5.91 Å². The predicted molar refractivity (Wildman–Crippen MR) is 118 cm³/mol. The fourth-order valence-corrected chi connectivity index (χ4v) is 4.82. The number of benzene rings is 2. The van der Waals surface area contributed by atoms with E-state index in [-0.39, 0.29) is 10.9 Å². The summed E-state index contributed by atoms with van der Waals surface area (Å²) in [6, 6.07) is 13.5. The number of amides is 1. The second kappa shape index (κ2) is 8.31. The summed E-state index contributed by atoms with van der Waals surface area (Å²) < 4.78 is 27.1. The lowest BCUT2D eigenvalue weighted by atomic mass is 10.0. The maximum absolute atomic E-state index is 13.2. The zero-order valence-corrected chi connectivity index (χ0v) is 19.6. The topological polar surface area (TPSA) is 85.2 Å². The van der Waals surface area contributed by atoms with Gasteiger partial charge in [-0.3, -0.25) is 4.79 Å². The van der Waals surface area contributed by atoms with Crippen LogP contribution in [0.5, 0.6) is 0 Å². The van der Waals surface area contributed by atoms with E-state index in [1.807, 2.05) is 31.2 Å². The first-order valence-corrected chi connectivity index (χ1v) is 11.6. The Kier molecular flexibility index (Phi) is 6.14. The molecule has 30 heavy (non-hydrogen) atoms. The Morgan fingerprint density at radius 1 is 1.10 bits per heavy atom. The summed E-state index contributed by atoms with van der Waals surface area (Å²) in [7, 11) is -2.26. The van der Waals surface area contributed by atoms with Gasteiger partial charge in [-0.15, -0.1) is 0 Å². The second-order valence-corrected chi connectivity index (χ2v) is 10.9. The van der Waals surface area contributed by atoms with Crippen molar-refractivity contribution in [2.24, 2.45) is 0 Å². The first kappa shape index (κ1) is 22.2. The van der Waals surface area contributed by atoms with Crippen LogP contribution < -0.4 is 0 Å². The number of carbonyl (C=O) groups is 1. The van der Waals surface area contributed by atoms with Crippen LogP contribution in [-0.4, -0.2) is 45.8 Å². The molecule has 1 atom stereocenters. The van der Waals surface area contributed by atoms with Crippen LogP contribution in [0.1, 0.15) is 32.4 Å². The van der Waals surface area contributed by atoms with Crippen LogP contribution >= 0.6 is 15.9 Å². The summed E-state index contributed by atoms with van der Waals surface area (Å²) >= 11 is 3.30. The number of hydrogen-bond donors (Lipinski definition) is 0. The third-order valence-electron chi connectivity index (χ3n) is 5.27. The van der Waals surface area contributed by atoms with Gasteiger partial charge in [-0.2, -0.15) is 5.10 Å². The van der Waals surface area contributed by atoms with E-state index in [4.69, 9.17) is 0 Å². The number of hydrogen-bond acceptors (Lipinski definition) is 5. The summed E-state index contributed by atoms with van der Waals surface area (Å²) in [6.07, 6.45) is 3.06. The van der Waals surface area contributed by atoms with E-state index in [1.165, 1.54) is 37.2 Å². The van der Waals surface area contributed by atoms with Gasteiger partial charge in [-0.1, -0.05) is 28.1 Å². The van der Waals surface area contributed by atoms with E-state index < -0.39 is 20.5 Å². The molecular weight excluding hydrogens is 468 g/mol. The fourth-order valence-electron chi connectivity index (χ4n) is 3.09. The molecule has 3 rings (SSSR count). The van der Waals surface area contributed by atoms with Crippen LogP contribution in [0.4, 0.5) is 0 Å². The predicted octanol–water partition coefficient (Wildman–Crippen LogP) is 3.80. The lowest BCUT2D eigenvalue weighted by Crippen LogP contribution is -2.49. The molecule has 0 fully saturated rings. The molecule has 0 bridgehead atoms. The van der Waals surface area contributed by atoms with Crippen molar-refractivity contribution in [1.82, 2.24) is 19.7 Å². The molecule has 0 aliphatic rings. The van der Waals surface area contributed by atoms with Gasteiger partial charge in [0.25, 0.3) is 0 Å². The number of rotatable bonds is 6. The van der Waals surface area contributed by atoms with E-state index in [0.29, 0.717) is 0 Å². The fraction of sp³-hybridized carbons (Fsp3) is 0.286. The van der Waals surface area contributed by atoms with E-state index >= 15 is 0 Å². The molecule has 0 aliphatic carbocycles. The zero-order valence-electron chi connectivity index (χ0n) is 17.2. The molecule has 3 aromatic rings. The molecule has 0 aliphatic heterocycles. The second-order valence-electron chi connectivity index (χ2n) is 7.49. The van der Waals surface area contributed by atoms with Crippen molar-refractivity contribution in [1.29, 1.82) is 0 Å². The molecule has 0 spiro atoms. The zero-order chi connectivity index (χ0) is 22.1. The molecular formula is C21H23BrN4O3S. The van der Waals surface area contributed by atoms with Crippen LogP contribution in [0.3, 0.4) is 0 Å². The van der Waals surface area contributed by atoms with Gasteiger partial charge in [0.1, 0.15) is 17.4 Å². The van der Waals surface area contributed by atoms with E-state index in [1.54, 1.807) is 30.2 Å². The molecule has 0 radical (unpaired) electrons. The van der Waals surface area contributed by atoms with Crippen LogP contribution in [0, 0.1) is 0 Å². The summed E-state index contributed by atoms with van der Waals surface area (Å²) in [5.41, 5.74) is 1.72. The first-order valence-electron chi connectivity index (χ1n) is 9.28. The summed E-state index contributed by atoms with van der Waals surface area (Å²) in [5, 5.41) is 4.09. The van der Waals surface area contributed by atoms with Crippen LogP contribution in [0.15, 0.2) is 70.6 Å². The number of aromatic nitrogens is 3. The third-order valence-corrected chi connectivity index (χ3v) is 8.21. The van der Waals surface area contributed by atoms with Crippen LogP contribution in [0.2, 0.25) is 0 Å². The van der Waals surface area contributed by atoms with Gasteiger partial charge in [0, 0.05) is 11.5 Å². The Hall–Kier alpha value is -2.52. The minimum atomic E-state index is -3.88. The summed E-state index contributed by atoms with van der Waals surface area (Å²) in [6.45, 7) is 4.76. The van der Waals surface area contributed by atoms with Crippen molar-refractivity contribution in [2.45, 2.75) is 36.5 Å². The van der Waals surface area contributed by atoms with Gasteiger partial charge >= 0.3 is 0 Å². The number of nitrogens with zero attached hydrogens (tertiary/aromatic N) is 4. The van der Waals surface area contributed by atoms with Crippen molar-refractivity contribution < 1.29 is 13.2 Å². The third kappa shape index (κ3) is 4.04. The standard InChI is InChI=1S/C21H23BrN4O3S/c1-15(16-5-9-18(10-6-16)26-14-23-13-24-26)25(4)20(27)21(2,3)30(28,29)19-11-7-17(22)8-12-19/h5-15H,1-4H3. The first-order chi connectivity index (χ1) is 14.1. The SMILES string of the molecule is CC(c1ccc(-n2cncn2)cc1)N(C)C(=O)C(C)(C)S(=O)(=O)c1ccc(Br)cc1. The van der Waals surface area contributed by atoms with Gasteiger partial charge in [0.05, 0.1) is 16.6 Å². The smallest absolute Gasteiger partial charge is 0.244 e. The van der Waals surface area contributed by atoms with E-state index in [0.717, 1.165) is 15.7 Å². The van der Waals surface area contributed by atoms with Crippen molar-refractivity contribution in [3.8, 4) is 5.69 Å². The minimum absolute atomic E-state index is 0.113. The monoisotopic (exact) mass is 490 g/mol. The largest absolute Gasteiger partial charge is 0.338 e. The van der Waals surface area contributed by atoms with E-state index in [9.17, 15) is 13.2 Å². The van der Waals surface area contributed by atoms with Crippen LogP contribution in [-0.2, 0) is 14.6 Å². The van der Waals surface area contributed by atoms with Crippen LogP contribution in [0.25, 0.3) is 5.69 Å². The molecule has 1 amide bonds. The van der Waals surface area contributed by atoms with Crippen molar-refractivity contribution in [3.05, 3.63) is 71.2 Å². The molecule has 2 aromatic carbocycles. The van der Waals surface area contributed by atoms with Gasteiger partial charge in [-0.05, 0) is 62.7 Å². The molecule has 1 aromatic heterocycles. The Morgan fingerprint density at radius 3 is 2.23 bits per heavy atom. The van der Waals surface area contributed by atoms with Gasteiger partial charge in [0.15, 0.2) is 9.84 Å².